The van der Waals surface area contributed by atoms with Crippen LogP contribution in [-0.4, -0.2) is 49.5 Å². The zero-order chi connectivity index (χ0) is 27.5. The molecule has 0 fully saturated rings. The van der Waals surface area contributed by atoms with Crippen molar-refractivity contribution >= 4 is 43.5 Å². The maximum Gasteiger partial charge on any atom is 0.244 e. The quantitative estimate of drug-likeness (QED) is 0.484. The molecule has 0 aliphatic rings. The van der Waals surface area contributed by atoms with Gasteiger partial charge in [0.15, 0.2) is 0 Å². The summed E-state index contributed by atoms with van der Waals surface area (Å²) >= 11 is 3.41. The number of anilines is 1. The Morgan fingerprint density at radius 2 is 1.47 bits per heavy atom. The summed E-state index contributed by atoms with van der Waals surface area (Å²) in [4.78, 5) is 28.0. The van der Waals surface area contributed by atoms with Gasteiger partial charge in [0, 0.05) is 16.6 Å². The van der Waals surface area contributed by atoms with Gasteiger partial charge in [0.05, 0.1) is 11.9 Å². The van der Waals surface area contributed by atoms with Crippen molar-refractivity contribution in [2.24, 2.45) is 0 Å². The molecule has 2 aromatic rings. The largest absolute Gasteiger partial charge is 0.350 e. The van der Waals surface area contributed by atoms with Crippen LogP contribution in [0.3, 0.4) is 0 Å². The SMILES string of the molecule is C[C@H](C(=O)NC(C)(C)C)N(Cc1ccc(Br)cc1)C(=O)CN(c1ccc(C(C)(C)C)cc1)S(C)(=O)=O. The van der Waals surface area contributed by atoms with Crippen molar-refractivity contribution < 1.29 is 18.0 Å². The van der Waals surface area contributed by atoms with Crippen molar-refractivity contribution in [2.45, 2.75) is 72.0 Å². The first-order chi connectivity index (χ1) is 16.4. The topological polar surface area (TPSA) is 86.8 Å². The summed E-state index contributed by atoms with van der Waals surface area (Å²) in [5, 5.41) is 2.91. The van der Waals surface area contributed by atoms with Crippen LogP contribution in [0.4, 0.5) is 5.69 Å². The first-order valence-corrected chi connectivity index (χ1v) is 14.5. The van der Waals surface area contributed by atoms with E-state index in [0.29, 0.717) is 5.69 Å². The lowest BCUT2D eigenvalue weighted by Gasteiger charge is -2.33. The van der Waals surface area contributed by atoms with E-state index >= 15 is 0 Å². The summed E-state index contributed by atoms with van der Waals surface area (Å²) in [6.07, 6.45) is 1.08. The summed E-state index contributed by atoms with van der Waals surface area (Å²) in [6.45, 7) is 13.2. The van der Waals surface area contributed by atoms with Crippen LogP contribution in [-0.2, 0) is 31.6 Å². The molecule has 0 radical (unpaired) electrons. The Morgan fingerprint density at radius 3 is 1.92 bits per heavy atom. The van der Waals surface area contributed by atoms with Crippen molar-refractivity contribution in [2.75, 3.05) is 17.1 Å². The second kappa shape index (κ2) is 11.3. The zero-order valence-corrected chi connectivity index (χ0v) is 24.8. The molecule has 198 valence electrons. The van der Waals surface area contributed by atoms with Crippen molar-refractivity contribution in [1.29, 1.82) is 0 Å². The predicted molar refractivity (Wildman–Crippen MR) is 149 cm³/mol. The number of benzene rings is 2. The summed E-state index contributed by atoms with van der Waals surface area (Å²) in [5.41, 5.74) is 1.69. The van der Waals surface area contributed by atoms with Gasteiger partial charge in [-0.1, -0.05) is 61.0 Å². The Labute approximate surface area is 224 Å². The Bertz CT molecular complexity index is 1170. The number of carbonyl (C=O) groups excluding carboxylic acids is 2. The van der Waals surface area contributed by atoms with Crippen LogP contribution in [0.15, 0.2) is 53.0 Å². The molecule has 0 saturated heterocycles. The highest BCUT2D eigenvalue weighted by Crippen LogP contribution is 2.26. The molecule has 0 aliphatic heterocycles. The molecule has 2 amide bonds. The number of sulfonamides is 1. The molecule has 0 aliphatic carbocycles. The van der Waals surface area contributed by atoms with Crippen molar-refractivity contribution in [3.8, 4) is 0 Å². The molecular formula is C27H38BrN3O4S. The number of hydrogen-bond donors (Lipinski definition) is 1. The number of nitrogens with one attached hydrogen (secondary N) is 1. The molecule has 7 nitrogen and oxygen atoms in total. The minimum Gasteiger partial charge on any atom is -0.350 e. The summed E-state index contributed by atoms with van der Waals surface area (Å²) in [5.74, 6) is -0.784. The maximum atomic E-state index is 13.6. The summed E-state index contributed by atoms with van der Waals surface area (Å²) < 4.78 is 27.4. The molecule has 1 atom stereocenters. The lowest BCUT2D eigenvalue weighted by Crippen LogP contribution is -2.54. The van der Waals surface area contributed by atoms with Crippen molar-refractivity contribution in [3.63, 3.8) is 0 Å². The normalized spacial score (nSPS) is 13.1. The van der Waals surface area contributed by atoms with Gasteiger partial charge < -0.3 is 10.2 Å². The first-order valence-electron chi connectivity index (χ1n) is 11.8. The molecule has 0 aromatic heterocycles. The zero-order valence-electron chi connectivity index (χ0n) is 22.4. The Morgan fingerprint density at radius 1 is 0.944 bits per heavy atom. The molecule has 36 heavy (non-hydrogen) atoms. The Hall–Kier alpha value is -2.39. The molecule has 0 bridgehead atoms. The van der Waals surface area contributed by atoms with Crippen LogP contribution < -0.4 is 9.62 Å². The van der Waals surface area contributed by atoms with E-state index in [1.807, 2.05) is 57.2 Å². The van der Waals surface area contributed by atoms with E-state index in [-0.39, 0.29) is 17.9 Å². The van der Waals surface area contributed by atoms with Crippen LogP contribution in [0.5, 0.6) is 0 Å². The van der Waals surface area contributed by atoms with Gasteiger partial charge in [-0.2, -0.15) is 0 Å². The van der Waals surface area contributed by atoms with Gasteiger partial charge in [0.25, 0.3) is 0 Å². The van der Waals surface area contributed by atoms with E-state index < -0.39 is 34.1 Å². The highest BCUT2D eigenvalue weighted by molar-refractivity contribution is 9.10. The third-order valence-electron chi connectivity index (χ3n) is 5.63. The van der Waals surface area contributed by atoms with Crippen LogP contribution in [0.25, 0.3) is 0 Å². The minimum atomic E-state index is -3.77. The number of hydrogen-bond acceptors (Lipinski definition) is 4. The van der Waals surface area contributed by atoms with Gasteiger partial charge in [-0.15, -0.1) is 0 Å². The van der Waals surface area contributed by atoms with E-state index in [1.165, 1.54) is 4.90 Å². The third-order valence-corrected chi connectivity index (χ3v) is 7.30. The lowest BCUT2D eigenvalue weighted by atomic mass is 9.87. The predicted octanol–water partition coefficient (Wildman–Crippen LogP) is 4.84. The van der Waals surface area contributed by atoms with E-state index in [2.05, 4.69) is 42.0 Å². The second-order valence-corrected chi connectivity index (χ2v) is 14.0. The average Bonchev–Trinajstić information content (AvgIpc) is 2.74. The smallest absolute Gasteiger partial charge is 0.244 e. The number of halogens is 1. The van der Waals surface area contributed by atoms with E-state index in [1.54, 1.807) is 19.1 Å². The number of nitrogens with zero attached hydrogens (tertiary/aromatic N) is 2. The number of rotatable bonds is 8. The van der Waals surface area contributed by atoms with Gasteiger partial charge in [-0.05, 0) is 68.5 Å². The van der Waals surface area contributed by atoms with Crippen molar-refractivity contribution in [3.05, 3.63) is 64.1 Å². The molecule has 9 heteroatoms. The number of carbonyl (C=O) groups is 2. The molecular weight excluding hydrogens is 542 g/mol. The lowest BCUT2D eigenvalue weighted by molar-refractivity contribution is -0.140. The van der Waals surface area contributed by atoms with Gasteiger partial charge in [0.2, 0.25) is 21.8 Å². The van der Waals surface area contributed by atoms with Gasteiger partial charge in [0.1, 0.15) is 12.6 Å². The van der Waals surface area contributed by atoms with E-state index in [9.17, 15) is 18.0 Å². The first kappa shape index (κ1) is 29.8. The highest BCUT2D eigenvalue weighted by Gasteiger charge is 2.31. The Balaban J connectivity index is 2.41. The fourth-order valence-electron chi connectivity index (χ4n) is 3.58. The van der Waals surface area contributed by atoms with E-state index in [0.717, 1.165) is 26.2 Å². The maximum absolute atomic E-state index is 13.6. The molecule has 0 unspecified atom stereocenters. The summed E-state index contributed by atoms with van der Waals surface area (Å²) in [6, 6.07) is 13.8. The molecule has 0 saturated carbocycles. The second-order valence-electron chi connectivity index (χ2n) is 11.1. The van der Waals surface area contributed by atoms with Crippen LogP contribution in [0.1, 0.15) is 59.6 Å². The van der Waals surface area contributed by atoms with Gasteiger partial charge >= 0.3 is 0 Å². The molecule has 0 heterocycles. The van der Waals surface area contributed by atoms with Crippen LogP contribution in [0.2, 0.25) is 0 Å². The third kappa shape index (κ3) is 8.62. The van der Waals surface area contributed by atoms with Crippen LogP contribution >= 0.6 is 15.9 Å². The minimum absolute atomic E-state index is 0.0956. The van der Waals surface area contributed by atoms with Crippen LogP contribution in [0, 0.1) is 0 Å². The summed E-state index contributed by atoms with van der Waals surface area (Å²) in [7, 11) is -3.77. The fraction of sp³-hybridized carbons (Fsp3) is 0.481. The standard InChI is InChI=1S/C27H38BrN3O4S/c1-19(25(33)29-27(5,6)7)30(17-20-9-13-22(28)14-10-20)24(32)18-31(36(8,34)35)23-15-11-21(12-16-23)26(2,3)4/h9-16,19H,17-18H2,1-8H3,(H,29,33)/t19-/m1/s1. The Kier molecular flexibility index (Phi) is 9.40. The fourth-order valence-corrected chi connectivity index (χ4v) is 4.70. The van der Waals surface area contributed by atoms with Crippen molar-refractivity contribution in [1.82, 2.24) is 10.2 Å². The van der Waals surface area contributed by atoms with Gasteiger partial charge in [-0.25, -0.2) is 8.42 Å². The van der Waals surface area contributed by atoms with E-state index in [4.69, 9.17) is 0 Å². The average molecular weight is 581 g/mol. The molecule has 2 rings (SSSR count). The molecule has 0 spiro atoms. The highest BCUT2D eigenvalue weighted by atomic mass is 79.9. The monoisotopic (exact) mass is 579 g/mol. The molecule has 2 aromatic carbocycles. The molecule has 1 N–H and O–H groups in total. The number of amides is 2. The van der Waals surface area contributed by atoms with Gasteiger partial charge in [-0.3, -0.25) is 13.9 Å².